The van der Waals surface area contributed by atoms with Crippen LogP contribution in [0.3, 0.4) is 0 Å². The van der Waals surface area contributed by atoms with Crippen molar-refractivity contribution in [2.24, 2.45) is 0 Å². The van der Waals surface area contributed by atoms with Crippen molar-refractivity contribution in [1.29, 1.82) is 0 Å². The zero-order valence-corrected chi connectivity index (χ0v) is 11.4. The summed E-state index contributed by atoms with van der Waals surface area (Å²) < 4.78 is 0. The smallest absolute Gasteiger partial charge is 0.144 e. The number of hydrogen-bond acceptors (Lipinski definition) is 3. The monoisotopic (exact) mass is 280 g/mol. The summed E-state index contributed by atoms with van der Waals surface area (Å²) in [5.74, 6) is 0.935. The fourth-order valence-electron chi connectivity index (χ4n) is 2.72. The van der Waals surface area contributed by atoms with E-state index in [-0.39, 0.29) is 0 Å². The maximum atomic E-state index is 6.13. The van der Waals surface area contributed by atoms with Crippen molar-refractivity contribution in [3.8, 4) is 0 Å². The first-order chi connectivity index (χ1) is 9.83. The summed E-state index contributed by atoms with van der Waals surface area (Å²) in [6, 6.07) is 14.9. The van der Waals surface area contributed by atoms with Crippen molar-refractivity contribution in [1.82, 2.24) is 9.97 Å². The van der Waals surface area contributed by atoms with Crippen LogP contribution in [0.2, 0.25) is 5.02 Å². The lowest BCUT2D eigenvalue weighted by Gasteiger charge is -2.19. The van der Waals surface area contributed by atoms with Crippen LogP contribution in [0.1, 0.15) is 5.56 Å². The molecule has 2 aromatic carbocycles. The van der Waals surface area contributed by atoms with Crippen molar-refractivity contribution in [2.75, 3.05) is 11.4 Å². The van der Waals surface area contributed by atoms with E-state index in [0.29, 0.717) is 0 Å². The average Bonchev–Trinajstić information content (AvgIpc) is 2.89. The van der Waals surface area contributed by atoms with Gasteiger partial charge in [-0.15, -0.1) is 0 Å². The van der Waals surface area contributed by atoms with E-state index in [1.54, 1.807) is 6.33 Å². The molecule has 1 radical (unpaired) electrons. The molecular weight excluding hydrogens is 270 g/mol. The van der Waals surface area contributed by atoms with Gasteiger partial charge in [0.15, 0.2) is 0 Å². The minimum Gasteiger partial charge on any atom is -0.325 e. The number of fused-ring (bicyclic) bond motifs is 2. The number of nitrogens with zero attached hydrogens (tertiary/aromatic N) is 3. The molecule has 1 aliphatic heterocycles. The molecule has 0 fully saturated rings. The third-order valence-corrected chi connectivity index (χ3v) is 3.89. The maximum Gasteiger partial charge on any atom is 0.144 e. The molecule has 97 valence electrons. The molecule has 0 bridgehead atoms. The predicted molar refractivity (Wildman–Crippen MR) is 80.5 cm³/mol. The first-order valence-electron chi connectivity index (χ1n) is 6.50. The van der Waals surface area contributed by atoms with Gasteiger partial charge in [-0.05, 0) is 42.3 Å². The SMILES string of the molecule is Clc1ccc2c(c1)N(c1ncnc3c[c]ccc13)CC2. The minimum absolute atomic E-state index is 0.752. The molecule has 1 aromatic heterocycles. The first kappa shape index (κ1) is 11.7. The van der Waals surface area contributed by atoms with Crippen molar-refractivity contribution < 1.29 is 0 Å². The van der Waals surface area contributed by atoms with Gasteiger partial charge in [-0.2, -0.15) is 0 Å². The van der Waals surface area contributed by atoms with Crippen LogP contribution in [0.5, 0.6) is 0 Å². The largest absolute Gasteiger partial charge is 0.325 e. The molecular formula is C16H11ClN3. The highest BCUT2D eigenvalue weighted by Crippen LogP contribution is 2.37. The summed E-state index contributed by atoms with van der Waals surface area (Å²) in [5.41, 5.74) is 3.36. The van der Waals surface area contributed by atoms with Gasteiger partial charge in [-0.1, -0.05) is 23.7 Å². The van der Waals surface area contributed by atoms with E-state index in [4.69, 9.17) is 11.6 Å². The quantitative estimate of drug-likeness (QED) is 0.679. The molecule has 4 heteroatoms. The molecule has 3 nitrogen and oxygen atoms in total. The Bertz CT molecular complexity index is 795. The van der Waals surface area contributed by atoms with Crippen LogP contribution in [-0.2, 0) is 6.42 Å². The van der Waals surface area contributed by atoms with Gasteiger partial charge in [0.25, 0.3) is 0 Å². The van der Waals surface area contributed by atoms with Crippen LogP contribution in [-0.4, -0.2) is 16.5 Å². The number of anilines is 2. The van der Waals surface area contributed by atoms with Crippen molar-refractivity contribution in [2.45, 2.75) is 6.42 Å². The Hall–Kier alpha value is -2.13. The number of halogens is 1. The number of rotatable bonds is 1. The molecule has 1 aliphatic rings. The predicted octanol–water partition coefficient (Wildman–Crippen LogP) is 3.78. The molecule has 0 amide bonds. The van der Waals surface area contributed by atoms with Crippen LogP contribution >= 0.6 is 11.6 Å². The van der Waals surface area contributed by atoms with E-state index in [1.165, 1.54) is 5.56 Å². The molecule has 4 rings (SSSR count). The second-order valence-electron chi connectivity index (χ2n) is 4.82. The van der Waals surface area contributed by atoms with Crippen LogP contribution in [0, 0.1) is 6.07 Å². The highest BCUT2D eigenvalue weighted by molar-refractivity contribution is 6.31. The number of hydrogen-bond donors (Lipinski definition) is 0. The van der Waals surface area contributed by atoms with Crippen molar-refractivity contribution in [3.05, 3.63) is 59.4 Å². The Morgan fingerprint density at radius 1 is 1.20 bits per heavy atom. The number of benzene rings is 2. The summed E-state index contributed by atoms with van der Waals surface area (Å²) >= 11 is 6.13. The average molecular weight is 281 g/mol. The van der Waals surface area contributed by atoms with Crippen molar-refractivity contribution in [3.63, 3.8) is 0 Å². The van der Waals surface area contributed by atoms with E-state index in [9.17, 15) is 0 Å². The Morgan fingerprint density at radius 3 is 3.10 bits per heavy atom. The van der Waals surface area contributed by atoms with Gasteiger partial charge in [0.05, 0.1) is 5.52 Å². The van der Waals surface area contributed by atoms with Gasteiger partial charge >= 0.3 is 0 Å². The molecule has 20 heavy (non-hydrogen) atoms. The van der Waals surface area contributed by atoms with Gasteiger partial charge in [0.1, 0.15) is 12.1 Å². The van der Waals surface area contributed by atoms with Crippen LogP contribution in [0.4, 0.5) is 11.5 Å². The molecule has 0 N–H and O–H groups in total. The fourth-order valence-corrected chi connectivity index (χ4v) is 2.89. The lowest BCUT2D eigenvalue weighted by Crippen LogP contribution is -2.15. The molecule has 0 spiro atoms. The summed E-state index contributed by atoms with van der Waals surface area (Å²) in [5, 5.41) is 1.79. The molecule has 0 saturated carbocycles. The van der Waals surface area contributed by atoms with E-state index in [1.807, 2.05) is 30.3 Å². The molecule has 0 unspecified atom stereocenters. The third-order valence-electron chi connectivity index (χ3n) is 3.66. The zero-order valence-electron chi connectivity index (χ0n) is 10.7. The molecule has 0 atom stereocenters. The Balaban J connectivity index is 1.92. The highest BCUT2D eigenvalue weighted by atomic mass is 35.5. The summed E-state index contributed by atoms with van der Waals surface area (Å²) in [6.07, 6.45) is 2.62. The Kier molecular flexibility index (Phi) is 2.60. The van der Waals surface area contributed by atoms with Crippen molar-refractivity contribution >= 4 is 34.0 Å². The van der Waals surface area contributed by atoms with Gasteiger partial charge in [0.2, 0.25) is 0 Å². The minimum atomic E-state index is 0.752. The van der Waals surface area contributed by atoms with Gasteiger partial charge in [0, 0.05) is 22.6 Å². The Morgan fingerprint density at radius 2 is 2.15 bits per heavy atom. The molecule has 0 aliphatic carbocycles. The first-order valence-corrected chi connectivity index (χ1v) is 6.87. The fraction of sp³-hybridized carbons (Fsp3) is 0.125. The molecule has 0 saturated heterocycles. The van der Waals surface area contributed by atoms with E-state index in [2.05, 4.69) is 27.0 Å². The number of aromatic nitrogens is 2. The summed E-state index contributed by atoms with van der Waals surface area (Å²) in [7, 11) is 0. The van der Waals surface area contributed by atoms with Crippen LogP contribution < -0.4 is 4.90 Å². The topological polar surface area (TPSA) is 29.0 Å². The molecule has 2 heterocycles. The Labute approximate surface area is 121 Å². The van der Waals surface area contributed by atoms with Gasteiger partial charge in [-0.25, -0.2) is 9.97 Å². The third kappa shape index (κ3) is 1.74. The van der Waals surface area contributed by atoms with Crippen LogP contribution in [0.15, 0.2) is 42.7 Å². The zero-order chi connectivity index (χ0) is 13.5. The van der Waals surface area contributed by atoms with E-state index >= 15 is 0 Å². The highest BCUT2D eigenvalue weighted by Gasteiger charge is 2.23. The van der Waals surface area contributed by atoms with E-state index < -0.39 is 0 Å². The second kappa shape index (κ2) is 4.46. The lowest BCUT2D eigenvalue weighted by atomic mass is 10.2. The second-order valence-corrected chi connectivity index (χ2v) is 5.25. The van der Waals surface area contributed by atoms with E-state index in [0.717, 1.165) is 40.4 Å². The normalized spacial score (nSPS) is 13.8. The standard InChI is InChI=1S/C16H11ClN3/c17-12-6-5-11-7-8-20(15(11)9-12)16-13-3-1-2-4-14(13)18-10-19-16/h1,3-6,9-10H,7-8H2. The maximum absolute atomic E-state index is 6.13. The van der Waals surface area contributed by atoms with Crippen LogP contribution in [0.25, 0.3) is 10.9 Å². The summed E-state index contributed by atoms with van der Waals surface area (Å²) in [6.45, 7) is 0.917. The lowest BCUT2D eigenvalue weighted by molar-refractivity contribution is 0.975. The van der Waals surface area contributed by atoms with Gasteiger partial charge in [-0.3, -0.25) is 0 Å². The summed E-state index contributed by atoms with van der Waals surface area (Å²) in [4.78, 5) is 11.0. The molecule has 3 aromatic rings. The van der Waals surface area contributed by atoms with Gasteiger partial charge < -0.3 is 4.90 Å².